The first-order valence-corrected chi connectivity index (χ1v) is 8.10. The fourth-order valence-corrected chi connectivity index (χ4v) is 3.42. The molecule has 0 saturated heterocycles. The molecule has 0 heterocycles. The normalized spacial score (nSPS) is 21.1. The molecular weight excluding hydrogens is 396 g/mol. The zero-order valence-corrected chi connectivity index (χ0v) is 13.9. The average molecular weight is 409 g/mol. The Balaban J connectivity index is 1.73. The van der Waals surface area contributed by atoms with Crippen molar-refractivity contribution >= 4 is 27.7 Å². The van der Waals surface area contributed by atoms with E-state index in [1.165, 1.54) is 6.07 Å². The third kappa shape index (κ3) is 3.13. The van der Waals surface area contributed by atoms with Crippen LogP contribution in [0.4, 0.5) is 17.6 Å². The molecule has 3 rings (SSSR count). The van der Waals surface area contributed by atoms with Crippen LogP contribution in [0.15, 0.2) is 16.6 Å². The zero-order chi connectivity index (χ0) is 17.7. The second-order valence-corrected chi connectivity index (χ2v) is 6.97. The number of nitrogens with one attached hydrogen (secondary N) is 2. The highest BCUT2D eigenvalue weighted by Crippen LogP contribution is 2.40. The second-order valence-electron chi connectivity index (χ2n) is 6.06. The molecule has 130 valence electrons. The van der Waals surface area contributed by atoms with E-state index in [4.69, 9.17) is 0 Å². The lowest BCUT2D eigenvalue weighted by atomic mass is 10.1. The molecule has 0 spiro atoms. The van der Waals surface area contributed by atoms with Gasteiger partial charge in [-0.25, -0.2) is 4.39 Å². The molecule has 4 nitrogen and oxygen atoms in total. The highest BCUT2D eigenvalue weighted by Gasteiger charge is 2.55. The molecule has 0 bridgehead atoms. The Bertz CT molecular complexity index is 716. The maximum Gasteiger partial charge on any atom is 0.471 e. The number of alkyl halides is 3. The van der Waals surface area contributed by atoms with Gasteiger partial charge in [0.05, 0.1) is 6.04 Å². The smallest absolute Gasteiger partial charge is 0.347 e. The van der Waals surface area contributed by atoms with Crippen LogP contribution in [0.1, 0.15) is 36.4 Å². The Morgan fingerprint density at radius 1 is 1.25 bits per heavy atom. The predicted octanol–water partition coefficient (Wildman–Crippen LogP) is 2.90. The van der Waals surface area contributed by atoms with Gasteiger partial charge in [0.2, 0.25) is 5.91 Å². The predicted molar refractivity (Wildman–Crippen MR) is 79.5 cm³/mol. The first-order chi connectivity index (χ1) is 11.1. The summed E-state index contributed by atoms with van der Waals surface area (Å²) in [7, 11) is 0. The van der Waals surface area contributed by atoms with Crippen LogP contribution in [0.25, 0.3) is 0 Å². The Hall–Kier alpha value is -1.64. The van der Waals surface area contributed by atoms with E-state index in [-0.39, 0.29) is 12.8 Å². The topological polar surface area (TPSA) is 58.2 Å². The number of carbonyl (C=O) groups is 2. The molecule has 2 aliphatic carbocycles. The number of amides is 2. The summed E-state index contributed by atoms with van der Waals surface area (Å²) >= 11 is 3.19. The maximum absolute atomic E-state index is 14.1. The Morgan fingerprint density at radius 2 is 1.92 bits per heavy atom. The first kappa shape index (κ1) is 17.2. The molecule has 9 heteroatoms. The molecule has 2 aliphatic rings. The monoisotopic (exact) mass is 408 g/mol. The molecule has 2 amide bonds. The van der Waals surface area contributed by atoms with Crippen LogP contribution in [0.5, 0.6) is 0 Å². The molecule has 1 fully saturated rings. The van der Waals surface area contributed by atoms with Crippen molar-refractivity contribution in [3.8, 4) is 0 Å². The highest BCUT2D eigenvalue weighted by atomic mass is 79.9. The molecule has 1 aromatic rings. The van der Waals surface area contributed by atoms with Crippen LogP contribution in [-0.4, -0.2) is 23.5 Å². The van der Waals surface area contributed by atoms with E-state index in [0.29, 0.717) is 22.9 Å². The van der Waals surface area contributed by atoms with Gasteiger partial charge in [-0.05, 0) is 43.4 Å². The number of halogens is 5. The lowest BCUT2D eigenvalue weighted by molar-refractivity contribution is -0.175. The molecule has 1 unspecified atom stereocenters. The number of aryl methyl sites for hydroxylation is 1. The molecule has 24 heavy (non-hydrogen) atoms. The van der Waals surface area contributed by atoms with E-state index >= 15 is 0 Å². The third-order valence-corrected chi connectivity index (χ3v) is 4.79. The van der Waals surface area contributed by atoms with E-state index in [9.17, 15) is 27.2 Å². The third-order valence-electron chi connectivity index (χ3n) is 4.33. The van der Waals surface area contributed by atoms with Crippen molar-refractivity contribution in [1.82, 2.24) is 10.6 Å². The molecule has 0 radical (unpaired) electrons. The number of fused-ring (bicyclic) bond motifs is 1. The summed E-state index contributed by atoms with van der Waals surface area (Å²) in [5, 5.41) is 4.33. The van der Waals surface area contributed by atoms with Crippen molar-refractivity contribution in [2.24, 2.45) is 0 Å². The first-order valence-electron chi connectivity index (χ1n) is 7.30. The van der Waals surface area contributed by atoms with Crippen molar-refractivity contribution in [1.29, 1.82) is 0 Å². The fraction of sp³-hybridized carbons (Fsp3) is 0.467. The van der Waals surface area contributed by atoms with Crippen LogP contribution in [0.2, 0.25) is 0 Å². The van der Waals surface area contributed by atoms with E-state index in [1.807, 2.05) is 0 Å². The van der Waals surface area contributed by atoms with E-state index in [2.05, 4.69) is 21.2 Å². The summed E-state index contributed by atoms with van der Waals surface area (Å²) in [6.07, 6.45) is -3.78. The quantitative estimate of drug-likeness (QED) is 0.755. The summed E-state index contributed by atoms with van der Waals surface area (Å²) in [5.74, 6) is -3.33. The Labute approximate surface area is 143 Å². The van der Waals surface area contributed by atoms with Crippen LogP contribution in [0, 0.1) is 5.82 Å². The molecule has 1 saturated carbocycles. The van der Waals surface area contributed by atoms with Gasteiger partial charge in [-0.2, -0.15) is 13.2 Å². The largest absolute Gasteiger partial charge is 0.471 e. The van der Waals surface area contributed by atoms with Crippen molar-refractivity contribution in [2.45, 2.75) is 43.4 Å². The van der Waals surface area contributed by atoms with Gasteiger partial charge in [0.15, 0.2) is 0 Å². The van der Waals surface area contributed by atoms with Crippen molar-refractivity contribution in [3.63, 3.8) is 0 Å². The van der Waals surface area contributed by atoms with Gasteiger partial charge >= 0.3 is 12.1 Å². The number of hydrogen-bond donors (Lipinski definition) is 2. The van der Waals surface area contributed by atoms with E-state index < -0.39 is 35.4 Å². The van der Waals surface area contributed by atoms with Gasteiger partial charge in [-0.1, -0.05) is 15.9 Å². The van der Waals surface area contributed by atoms with Crippen LogP contribution >= 0.6 is 15.9 Å². The Kier molecular flexibility index (Phi) is 4.09. The molecule has 2 N–H and O–H groups in total. The molecule has 0 aromatic heterocycles. The van der Waals surface area contributed by atoms with E-state index in [0.717, 1.165) is 5.56 Å². The average Bonchev–Trinajstić information content (AvgIpc) is 3.13. The van der Waals surface area contributed by atoms with Crippen molar-refractivity contribution in [2.75, 3.05) is 0 Å². The van der Waals surface area contributed by atoms with Crippen molar-refractivity contribution < 1.29 is 27.2 Å². The lowest BCUT2D eigenvalue weighted by Gasteiger charge is -2.22. The molecule has 1 aromatic carbocycles. The highest BCUT2D eigenvalue weighted by molar-refractivity contribution is 9.10. The van der Waals surface area contributed by atoms with Gasteiger partial charge in [0.25, 0.3) is 0 Å². The van der Waals surface area contributed by atoms with Gasteiger partial charge < -0.3 is 10.6 Å². The summed E-state index contributed by atoms with van der Waals surface area (Å²) in [4.78, 5) is 23.4. The van der Waals surface area contributed by atoms with Gasteiger partial charge in [-0.15, -0.1) is 0 Å². The Morgan fingerprint density at radius 3 is 2.50 bits per heavy atom. The van der Waals surface area contributed by atoms with Gasteiger partial charge in [0, 0.05) is 10.0 Å². The van der Waals surface area contributed by atoms with Crippen molar-refractivity contribution in [3.05, 3.63) is 33.5 Å². The summed E-state index contributed by atoms with van der Waals surface area (Å²) in [6, 6.07) is 2.42. The zero-order valence-electron chi connectivity index (χ0n) is 12.3. The minimum absolute atomic E-state index is 0.128. The van der Waals surface area contributed by atoms with Gasteiger partial charge in [-0.3, -0.25) is 9.59 Å². The molecule has 1 atom stereocenters. The van der Waals surface area contributed by atoms with Crippen LogP contribution in [0.3, 0.4) is 0 Å². The second kappa shape index (κ2) is 5.72. The summed E-state index contributed by atoms with van der Waals surface area (Å²) in [6.45, 7) is 0. The van der Waals surface area contributed by atoms with Crippen LogP contribution in [-0.2, 0) is 16.0 Å². The number of carbonyl (C=O) groups excluding carboxylic acids is 2. The standard InChI is InChI=1S/C15H13BrF4N2O2/c16-8-5-7-1-2-10(11(7)9(17)6-8)21-12(23)14(3-4-14)22-13(24)15(18,19)20/h5-6,10H,1-4H2,(H,21,23)(H,22,24). The van der Waals surface area contributed by atoms with Crippen LogP contribution < -0.4 is 10.6 Å². The minimum atomic E-state index is -5.05. The number of benzene rings is 1. The maximum atomic E-state index is 14.1. The minimum Gasteiger partial charge on any atom is -0.347 e. The number of hydrogen-bond acceptors (Lipinski definition) is 2. The van der Waals surface area contributed by atoms with E-state index in [1.54, 1.807) is 11.4 Å². The summed E-state index contributed by atoms with van der Waals surface area (Å²) in [5.41, 5.74) is -0.442. The van der Waals surface area contributed by atoms with Gasteiger partial charge in [0.1, 0.15) is 11.4 Å². The lowest BCUT2D eigenvalue weighted by Crippen LogP contribution is -2.53. The summed E-state index contributed by atoms with van der Waals surface area (Å²) < 4.78 is 51.8. The number of rotatable bonds is 3. The molecular formula is C15H13BrF4N2O2. The molecule has 0 aliphatic heterocycles. The SMILES string of the molecule is O=C(NC1(C(=O)NC2CCc3cc(Br)cc(F)c32)CC1)C(F)(F)F. The fourth-order valence-electron chi connectivity index (χ4n) is 2.94.